The third-order valence-electron chi connectivity index (χ3n) is 2.97. The second-order valence-electron chi connectivity index (χ2n) is 6.28. The minimum Gasteiger partial charge on any atom is -0.508 e. The van der Waals surface area contributed by atoms with Gasteiger partial charge < -0.3 is 20.3 Å². The lowest BCUT2D eigenvalue weighted by atomic mass is 9.98. The fourth-order valence-corrected chi connectivity index (χ4v) is 2.08. The molecule has 0 spiro atoms. The first kappa shape index (κ1) is 19.0. The first-order valence-corrected chi connectivity index (χ1v) is 7.57. The number of nitrogens with two attached hydrogens (primary N) is 1. The van der Waals surface area contributed by atoms with Crippen molar-refractivity contribution in [3.8, 4) is 5.75 Å². The Balaban J connectivity index is 2.88. The van der Waals surface area contributed by atoms with Gasteiger partial charge in [0, 0.05) is 0 Å². The van der Waals surface area contributed by atoms with E-state index in [0.717, 1.165) is 0 Å². The van der Waals surface area contributed by atoms with Gasteiger partial charge in [-0.25, -0.2) is 0 Å². The summed E-state index contributed by atoms with van der Waals surface area (Å²) >= 11 is 0. The Labute approximate surface area is 136 Å². The molecule has 0 aliphatic heterocycles. The van der Waals surface area contributed by atoms with E-state index < -0.39 is 23.6 Å². The number of phenolic OH excluding ortho intramolecular Hbond substituents is 1. The number of phenols is 1. The first-order chi connectivity index (χ1) is 10.6. The van der Waals surface area contributed by atoms with Crippen molar-refractivity contribution in [2.75, 3.05) is 6.61 Å². The molecule has 1 aromatic rings. The van der Waals surface area contributed by atoms with Gasteiger partial charge in [-0.1, -0.05) is 6.07 Å². The lowest BCUT2D eigenvalue weighted by molar-refractivity contribution is -0.154. The van der Waals surface area contributed by atoms with Crippen LogP contribution in [0.3, 0.4) is 0 Å². The molecule has 0 saturated carbocycles. The highest BCUT2D eigenvalue weighted by atomic mass is 16.6. The fraction of sp³-hybridized carbons (Fsp3) is 0.529. The Hall–Kier alpha value is -2.08. The number of esters is 2. The van der Waals surface area contributed by atoms with Crippen molar-refractivity contribution in [3.05, 3.63) is 29.3 Å². The highest BCUT2D eigenvalue weighted by Crippen LogP contribution is 2.20. The summed E-state index contributed by atoms with van der Waals surface area (Å²) in [6.07, 6.45) is 0.216. The maximum Gasteiger partial charge on any atom is 0.323 e. The molecule has 0 unspecified atom stereocenters. The molecule has 0 bridgehead atoms. The van der Waals surface area contributed by atoms with Crippen LogP contribution in [0.15, 0.2) is 18.2 Å². The minimum absolute atomic E-state index is 0.00342. The van der Waals surface area contributed by atoms with Crippen molar-refractivity contribution >= 4 is 11.9 Å². The number of hydrogen-bond acceptors (Lipinski definition) is 6. The molecular weight excluding hydrogens is 298 g/mol. The molecule has 0 saturated heterocycles. The van der Waals surface area contributed by atoms with Crippen LogP contribution in [0, 0.1) is 0 Å². The Morgan fingerprint density at radius 2 is 1.91 bits per heavy atom. The van der Waals surface area contributed by atoms with Gasteiger partial charge in [-0.2, -0.15) is 0 Å². The van der Waals surface area contributed by atoms with Gasteiger partial charge in [0.2, 0.25) is 0 Å². The van der Waals surface area contributed by atoms with Crippen LogP contribution >= 0.6 is 0 Å². The molecule has 6 nitrogen and oxygen atoms in total. The number of aromatic hydroxyl groups is 1. The Morgan fingerprint density at radius 1 is 1.26 bits per heavy atom. The van der Waals surface area contributed by atoms with E-state index in [0.29, 0.717) is 11.1 Å². The molecule has 128 valence electrons. The van der Waals surface area contributed by atoms with Gasteiger partial charge in [0.15, 0.2) is 0 Å². The molecule has 6 heteroatoms. The average molecular weight is 323 g/mol. The van der Waals surface area contributed by atoms with E-state index in [9.17, 15) is 14.7 Å². The quantitative estimate of drug-likeness (QED) is 0.773. The summed E-state index contributed by atoms with van der Waals surface area (Å²) < 4.78 is 10.2. The normalized spacial score (nSPS) is 12.6. The van der Waals surface area contributed by atoms with Crippen LogP contribution < -0.4 is 5.73 Å². The molecule has 1 rings (SSSR count). The van der Waals surface area contributed by atoms with Crippen molar-refractivity contribution in [1.29, 1.82) is 0 Å². The lowest BCUT2D eigenvalue weighted by Gasteiger charge is -2.20. The number of carbonyl (C=O) groups excluding carboxylic acids is 2. The summed E-state index contributed by atoms with van der Waals surface area (Å²) in [5, 5.41) is 9.64. The standard InChI is InChI=1S/C17H25NO5/c1-5-22-16(21)14(18)9-11-6-7-13(19)8-12(11)10-15(20)23-17(2,3)4/h6-8,14,19H,5,9-10,18H2,1-4H3/t14-/m0/s1. The van der Waals surface area contributed by atoms with Crippen LogP contribution in [-0.2, 0) is 31.9 Å². The van der Waals surface area contributed by atoms with Gasteiger partial charge in [-0.15, -0.1) is 0 Å². The van der Waals surface area contributed by atoms with Crippen molar-refractivity contribution < 1.29 is 24.2 Å². The summed E-state index contributed by atoms with van der Waals surface area (Å²) in [6, 6.07) is 3.80. The summed E-state index contributed by atoms with van der Waals surface area (Å²) in [7, 11) is 0. The smallest absolute Gasteiger partial charge is 0.323 e. The molecule has 0 aromatic heterocycles. The summed E-state index contributed by atoms with van der Waals surface area (Å²) in [6.45, 7) is 7.31. The monoisotopic (exact) mass is 323 g/mol. The molecule has 0 heterocycles. The third-order valence-corrected chi connectivity index (χ3v) is 2.97. The second-order valence-corrected chi connectivity index (χ2v) is 6.28. The SMILES string of the molecule is CCOC(=O)[C@@H](N)Cc1ccc(O)cc1CC(=O)OC(C)(C)C. The lowest BCUT2D eigenvalue weighted by Crippen LogP contribution is -2.34. The number of hydrogen-bond donors (Lipinski definition) is 2. The fourth-order valence-electron chi connectivity index (χ4n) is 2.08. The zero-order valence-corrected chi connectivity index (χ0v) is 14.1. The molecule has 0 radical (unpaired) electrons. The Morgan fingerprint density at radius 3 is 2.48 bits per heavy atom. The van der Waals surface area contributed by atoms with Crippen molar-refractivity contribution in [2.45, 2.75) is 52.2 Å². The summed E-state index contributed by atoms with van der Waals surface area (Å²) in [5.41, 5.74) is 6.52. The molecule has 23 heavy (non-hydrogen) atoms. The van der Waals surface area contributed by atoms with Crippen LogP contribution in [0.1, 0.15) is 38.8 Å². The highest BCUT2D eigenvalue weighted by molar-refractivity contribution is 5.76. The van der Waals surface area contributed by atoms with Gasteiger partial charge in [-0.05, 0) is 57.4 Å². The van der Waals surface area contributed by atoms with Crippen LogP contribution in [0.4, 0.5) is 0 Å². The average Bonchev–Trinajstić information content (AvgIpc) is 2.39. The van der Waals surface area contributed by atoms with Crippen LogP contribution in [0.5, 0.6) is 5.75 Å². The van der Waals surface area contributed by atoms with Gasteiger partial charge in [0.25, 0.3) is 0 Å². The number of ether oxygens (including phenoxy) is 2. The molecular formula is C17H25NO5. The molecule has 1 atom stereocenters. The first-order valence-electron chi connectivity index (χ1n) is 7.57. The predicted molar refractivity (Wildman–Crippen MR) is 86.0 cm³/mol. The maximum atomic E-state index is 12.0. The highest BCUT2D eigenvalue weighted by Gasteiger charge is 2.21. The largest absolute Gasteiger partial charge is 0.508 e. The number of carbonyl (C=O) groups is 2. The van der Waals surface area contributed by atoms with E-state index >= 15 is 0 Å². The van der Waals surface area contributed by atoms with E-state index in [1.165, 1.54) is 12.1 Å². The predicted octanol–water partition coefficient (Wildman–Crippen LogP) is 1.71. The van der Waals surface area contributed by atoms with Gasteiger partial charge in [0.05, 0.1) is 13.0 Å². The second kappa shape index (κ2) is 7.97. The molecule has 1 aromatic carbocycles. The van der Waals surface area contributed by atoms with E-state index in [2.05, 4.69) is 0 Å². The summed E-state index contributed by atoms with van der Waals surface area (Å²) in [4.78, 5) is 23.6. The molecule has 0 aliphatic rings. The van der Waals surface area contributed by atoms with Gasteiger partial charge in [-0.3, -0.25) is 9.59 Å². The zero-order chi connectivity index (χ0) is 17.6. The molecule has 0 amide bonds. The van der Waals surface area contributed by atoms with E-state index in [1.54, 1.807) is 33.8 Å². The van der Waals surface area contributed by atoms with Crippen LogP contribution in [-0.4, -0.2) is 35.3 Å². The van der Waals surface area contributed by atoms with E-state index in [1.807, 2.05) is 0 Å². The van der Waals surface area contributed by atoms with Gasteiger partial charge >= 0.3 is 11.9 Å². The Kier molecular flexibility index (Phi) is 6.57. The van der Waals surface area contributed by atoms with Crippen molar-refractivity contribution in [3.63, 3.8) is 0 Å². The topological polar surface area (TPSA) is 98.9 Å². The van der Waals surface area contributed by atoms with E-state index in [-0.39, 0.29) is 25.2 Å². The molecule has 0 aliphatic carbocycles. The number of benzene rings is 1. The van der Waals surface area contributed by atoms with Crippen molar-refractivity contribution in [2.24, 2.45) is 5.73 Å². The molecule has 3 N–H and O–H groups in total. The molecule has 0 fully saturated rings. The van der Waals surface area contributed by atoms with Crippen LogP contribution in [0.25, 0.3) is 0 Å². The van der Waals surface area contributed by atoms with Gasteiger partial charge in [0.1, 0.15) is 17.4 Å². The number of rotatable bonds is 6. The third kappa shape index (κ3) is 6.69. The summed E-state index contributed by atoms with van der Waals surface area (Å²) in [5.74, 6) is -0.866. The van der Waals surface area contributed by atoms with Crippen molar-refractivity contribution in [1.82, 2.24) is 0 Å². The maximum absolute atomic E-state index is 12.0. The van der Waals surface area contributed by atoms with E-state index in [4.69, 9.17) is 15.2 Å². The van der Waals surface area contributed by atoms with Crippen LogP contribution in [0.2, 0.25) is 0 Å². The zero-order valence-electron chi connectivity index (χ0n) is 14.1. The minimum atomic E-state index is -0.822. The Bertz CT molecular complexity index is 563.